The molecule has 1 rings (SSSR count). The van der Waals surface area contributed by atoms with E-state index in [1.54, 1.807) is 11.0 Å². The first kappa shape index (κ1) is 16.3. The van der Waals surface area contributed by atoms with Gasteiger partial charge in [0, 0.05) is 23.2 Å². The van der Waals surface area contributed by atoms with E-state index in [4.69, 9.17) is 5.11 Å². The molecular weight excluding hydrogens is 323 g/mol. The molecule has 1 aromatic rings. The zero-order chi connectivity index (χ0) is 14.5. The van der Waals surface area contributed by atoms with Crippen molar-refractivity contribution in [1.82, 2.24) is 0 Å². The molecule has 1 aromatic carbocycles. The molecule has 0 heterocycles. The van der Waals surface area contributed by atoms with Crippen molar-refractivity contribution in [3.63, 3.8) is 0 Å². The standard InChI is InChI=1S/C13H17BrF3NO/c1-2-3-6-18(7-8-19)12-5-4-10(14)9-11(12)13(15,16)17/h4-5,9,19H,2-3,6-8H2,1H3. The van der Waals surface area contributed by atoms with Gasteiger partial charge in [0.1, 0.15) is 0 Å². The van der Waals surface area contributed by atoms with Gasteiger partial charge in [-0.2, -0.15) is 13.2 Å². The average Bonchev–Trinajstić information content (AvgIpc) is 2.33. The second-order valence-electron chi connectivity index (χ2n) is 4.22. The van der Waals surface area contributed by atoms with Gasteiger partial charge in [-0.15, -0.1) is 0 Å². The van der Waals surface area contributed by atoms with Gasteiger partial charge in [0.05, 0.1) is 12.2 Å². The van der Waals surface area contributed by atoms with Crippen LogP contribution in [0.15, 0.2) is 22.7 Å². The zero-order valence-corrected chi connectivity index (χ0v) is 12.3. The van der Waals surface area contributed by atoms with Gasteiger partial charge in [0.25, 0.3) is 0 Å². The van der Waals surface area contributed by atoms with Crippen LogP contribution < -0.4 is 4.90 Å². The predicted molar refractivity (Wildman–Crippen MR) is 73.4 cm³/mol. The van der Waals surface area contributed by atoms with E-state index in [2.05, 4.69) is 15.9 Å². The molecule has 0 fully saturated rings. The summed E-state index contributed by atoms with van der Waals surface area (Å²) in [6.07, 6.45) is -2.73. The maximum absolute atomic E-state index is 13.0. The Morgan fingerprint density at radius 3 is 2.47 bits per heavy atom. The third-order valence-electron chi connectivity index (χ3n) is 2.76. The summed E-state index contributed by atoms with van der Waals surface area (Å²) in [5.41, 5.74) is -0.551. The number of aliphatic hydroxyl groups is 1. The zero-order valence-electron chi connectivity index (χ0n) is 10.7. The Kier molecular flexibility index (Phi) is 6.13. The van der Waals surface area contributed by atoms with E-state index >= 15 is 0 Å². The molecule has 0 atom stereocenters. The minimum atomic E-state index is -4.40. The molecule has 0 aromatic heterocycles. The lowest BCUT2D eigenvalue weighted by Gasteiger charge is -2.27. The van der Waals surface area contributed by atoms with Crippen LogP contribution in [0.5, 0.6) is 0 Å². The lowest BCUT2D eigenvalue weighted by atomic mass is 10.1. The highest BCUT2D eigenvalue weighted by molar-refractivity contribution is 9.10. The van der Waals surface area contributed by atoms with E-state index < -0.39 is 11.7 Å². The summed E-state index contributed by atoms with van der Waals surface area (Å²) in [6, 6.07) is 4.10. The molecule has 6 heteroatoms. The first-order valence-electron chi connectivity index (χ1n) is 6.12. The molecule has 0 radical (unpaired) electrons. The van der Waals surface area contributed by atoms with Crippen LogP contribution in [0, 0.1) is 0 Å². The Bertz CT molecular complexity index is 409. The molecule has 0 bridgehead atoms. The summed E-state index contributed by atoms with van der Waals surface area (Å²) < 4.78 is 39.5. The average molecular weight is 340 g/mol. The van der Waals surface area contributed by atoms with Crippen LogP contribution in [-0.2, 0) is 6.18 Å². The summed E-state index contributed by atoms with van der Waals surface area (Å²) >= 11 is 3.06. The molecule has 1 N–H and O–H groups in total. The van der Waals surface area contributed by atoms with Crippen LogP contribution in [0.4, 0.5) is 18.9 Å². The number of hydrogen-bond donors (Lipinski definition) is 1. The Morgan fingerprint density at radius 2 is 1.95 bits per heavy atom. The normalized spacial score (nSPS) is 11.7. The maximum Gasteiger partial charge on any atom is 0.418 e. The van der Waals surface area contributed by atoms with E-state index in [-0.39, 0.29) is 18.8 Å². The van der Waals surface area contributed by atoms with Crippen molar-refractivity contribution in [2.24, 2.45) is 0 Å². The molecule has 108 valence electrons. The number of hydrogen-bond acceptors (Lipinski definition) is 2. The van der Waals surface area contributed by atoms with Gasteiger partial charge in [0.2, 0.25) is 0 Å². The third kappa shape index (κ3) is 4.69. The molecule has 0 aliphatic rings. The number of benzene rings is 1. The highest BCUT2D eigenvalue weighted by Gasteiger charge is 2.35. The van der Waals surface area contributed by atoms with Crippen molar-refractivity contribution in [2.75, 3.05) is 24.6 Å². The minimum absolute atomic E-state index is 0.123. The Hall–Kier alpha value is -0.750. The van der Waals surface area contributed by atoms with Crippen molar-refractivity contribution >= 4 is 21.6 Å². The highest BCUT2D eigenvalue weighted by Crippen LogP contribution is 2.38. The number of anilines is 1. The lowest BCUT2D eigenvalue weighted by Crippen LogP contribution is -2.30. The highest BCUT2D eigenvalue weighted by atomic mass is 79.9. The SMILES string of the molecule is CCCCN(CCO)c1ccc(Br)cc1C(F)(F)F. The Morgan fingerprint density at radius 1 is 1.26 bits per heavy atom. The van der Waals surface area contributed by atoms with E-state index in [0.717, 1.165) is 18.9 Å². The van der Waals surface area contributed by atoms with E-state index in [1.165, 1.54) is 6.07 Å². The lowest BCUT2D eigenvalue weighted by molar-refractivity contribution is -0.137. The smallest absolute Gasteiger partial charge is 0.395 e. The fraction of sp³-hybridized carbons (Fsp3) is 0.538. The van der Waals surface area contributed by atoms with Gasteiger partial charge in [-0.05, 0) is 24.6 Å². The number of nitrogens with zero attached hydrogens (tertiary/aromatic N) is 1. The first-order chi connectivity index (χ1) is 8.90. The van der Waals surface area contributed by atoms with Crippen molar-refractivity contribution < 1.29 is 18.3 Å². The van der Waals surface area contributed by atoms with Gasteiger partial charge in [-0.3, -0.25) is 0 Å². The number of rotatable bonds is 6. The van der Waals surface area contributed by atoms with Crippen LogP contribution in [0.3, 0.4) is 0 Å². The van der Waals surface area contributed by atoms with Crippen LogP contribution >= 0.6 is 15.9 Å². The van der Waals surface area contributed by atoms with Gasteiger partial charge in [-0.25, -0.2) is 0 Å². The molecule has 19 heavy (non-hydrogen) atoms. The van der Waals surface area contributed by atoms with Crippen LogP contribution in [0.2, 0.25) is 0 Å². The largest absolute Gasteiger partial charge is 0.418 e. The minimum Gasteiger partial charge on any atom is -0.395 e. The number of alkyl halides is 3. The van der Waals surface area contributed by atoms with Crippen LogP contribution in [0.1, 0.15) is 25.3 Å². The molecule has 0 saturated carbocycles. The maximum atomic E-state index is 13.0. The summed E-state index contributed by atoms with van der Waals surface area (Å²) in [5, 5.41) is 9.01. The van der Waals surface area contributed by atoms with Crippen molar-refractivity contribution in [2.45, 2.75) is 25.9 Å². The van der Waals surface area contributed by atoms with E-state index in [0.29, 0.717) is 11.0 Å². The van der Waals surface area contributed by atoms with Crippen molar-refractivity contribution in [1.29, 1.82) is 0 Å². The molecule has 0 spiro atoms. The van der Waals surface area contributed by atoms with Crippen LogP contribution in [0.25, 0.3) is 0 Å². The third-order valence-corrected chi connectivity index (χ3v) is 3.25. The van der Waals surface area contributed by atoms with E-state index in [9.17, 15) is 13.2 Å². The van der Waals surface area contributed by atoms with Gasteiger partial charge in [-0.1, -0.05) is 29.3 Å². The molecular formula is C13H17BrF3NO. The van der Waals surface area contributed by atoms with Crippen molar-refractivity contribution in [3.05, 3.63) is 28.2 Å². The molecule has 2 nitrogen and oxygen atoms in total. The van der Waals surface area contributed by atoms with Crippen molar-refractivity contribution in [3.8, 4) is 0 Å². The van der Waals surface area contributed by atoms with E-state index in [1.807, 2.05) is 6.92 Å². The fourth-order valence-corrected chi connectivity index (χ4v) is 2.19. The fourth-order valence-electron chi connectivity index (χ4n) is 1.83. The number of unbranched alkanes of at least 4 members (excludes halogenated alkanes) is 1. The first-order valence-corrected chi connectivity index (χ1v) is 6.92. The predicted octanol–water partition coefficient (Wildman–Crippen LogP) is 4.07. The quantitative estimate of drug-likeness (QED) is 0.844. The summed E-state index contributed by atoms with van der Waals surface area (Å²) in [4.78, 5) is 1.58. The Labute approximate surface area is 119 Å². The van der Waals surface area contributed by atoms with Gasteiger partial charge >= 0.3 is 6.18 Å². The summed E-state index contributed by atoms with van der Waals surface area (Å²) in [5.74, 6) is 0. The molecule has 0 saturated heterocycles. The second-order valence-corrected chi connectivity index (χ2v) is 5.14. The monoisotopic (exact) mass is 339 g/mol. The molecule has 0 unspecified atom stereocenters. The van der Waals surface area contributed by atoms with Gasteiger partial charge < -0.3 is 10.0 Å². The number of halogens is 4. The number of aliphatic hydroxyl groups excluding tert-OH is 1. The molecule has 0 aliphatic carbocycles. The molecule has 0 aliphatic heterocycles. The summed E-state index contributed by atoms with van der Waals surface area (Å²) in [6.45, 7) is 2.51. The second kappa shape index (κ2) is 7.14. The van der Waals surface area contributed by atoms with Crippen LogP contribution in [-0.4, -0.2) is 24.8 Å². The summed E-state index contributed by atoms with van der Waals surface area (Å²) in [7, 11) is 0. The molecule has 0 amide bonds. The van der Waals surface area contributed by atoms with Gasteiger partial charge in [0.15, 0.2) is 0 Å². The Balaban J connectivity index is 3.14. The topological polar surface area (TPSA) is 23.5 Å².